The zero-order chi connectivity index (χ0) is 25.7. The summed E-state index contributed by atoms with van der Waals surface area (Å²) in [5.74, 6) is 3.58. The molecule has 4 aromatic heterocycles. The Morgan fingerprint density at radius 1 is 0.694 bits per heavy atom. The molecule has 36 heavy (non-hydrogen) atoms. The lowest BCUT2D eigenvalue weighted by Gasteiger charge is -2.11. The number of anilines is 3. The molecule has 0 saturated heterocycles. The van der Waals surface area contributed by atoms with Gasteiger partial charge in [0.1, 0.15) is 11.5 Å². The van der Waals surface area contributed by atoms with Crippen LogP contribution in [0.25, 0.3) is 28.2 Å². The van der Waals surface area contributed by atoms with Gasteiger partial charge in [-0.25, -0.2) is 24.5 Å². The van der Waals surface area contributed by atoms with Crippen molar-refractivity contribution in [3.05, 3.63) is 42.7 Å². The molecule has 9 nitrogen and oxygen atoms in total. The highest BCUT2D eigenvalue weighted by atomic mass is 15.3. The zero-order valence-electron chi connectivity index (χ0n) is 22.1. The number of nitrogens with zero attached hydrogens (tertiary/aromatic N) is 6. The predicted molar refractivity (Wildman–Crippen MR) is 147 cm³/mol. The molecule has 0 amide bonds. The molecule has 0 aliphatic carbocycles. The predicted octanol–water partition coefficient (Wildman–Crippen LogP) is 5.45. The second-order valence-electron chi connectivity index (χ2n) is 10.3. The molecule has 0 unspecified atom stereocenters. The summed E-state index contributed by atoms with van der Waals surface area (Å²) in [4.78, 5) is 18.5. The lowest BCUT2D eigenvalue weighted by Crippen LogP contribution is -2.11. The summed E-state index contributed by atoms with van der Waals surface area (Å²) < 4.78 is 1.94. The van der Waals surface area contributed by atoms with Crippen LogP contribution in [0.2, 0.25) is 0 Å². The number of fused-ring (bicyclic) bond motifs is 1. The molecule has 4 aromatic rings. The van der Waals surface area contributed by atoms with E-state index in [-0.39, 0.29) is 0 Å². The van der Waals surface area contributed by atoms with E-state index in [2.05, 4.69) is 73.5 Å². The van der Waals surface area contributed by atoms with Crippen LogP contribution < -0.4 is 16.0 Å². The molecule has 0 spiro atoms. The molecule has 0 aliphatic heterocycles. The molecule has 0 radical (unpaired) electrons. The Morgan fingerprint density at radius 2 is 1.25 bits per heavy atom. The third kappa shape index (κ3) is 6.08. The normalized spacial score (nSPS) is 11.6. The van der Waals surface area contributed by atoms with Gasteiger partial charge in [-0.15, -0.1) is 0 Å². The van der Waals surface area contributed by atoms with Gasteiger partial charge in [-0.3, -0.25) is 0 Å². The Balaban J connectivity index is 1.85. The molecular weight excluding hydrogens is 450 g/mol. The monoisotopic (exact) mass is 487 g/mol. The maximum atomic E-state index is 5.03. The van der Waals surface area contributed by atoms with Gasteiger partial charge < -0.3 is 16.0 Å². The van der Waals surface area contributed by atoms with Crippen molar-refractivity contribution in [2.75, 3.05) is 35.6 Å². The van der Waals surface area contributed by atoms with Crippen LogP contribution in [0.3, 0.4) is 0 Å². The fourth-order valence-corrected chi connectivity index (χ4v) is 3.69. The van der Waals surface area contributed by atoms with Crippen LogP contribution in [0.5, 0.6) is 0 Å². The van der Waals surface area contributed by atoms with Crippen molar-refractivity contribution >= 4 is 23.2 Å². The molecular formula is C27H37N9. The first-order valence-electron chi connectivity index (χ1n) is 12.7. The summed E-state index contributed by atoms with van der Waals surface area (Å²) in [6.07, 6.45) is 3.56. The van der Waals surface area contributed by atoms with Gasteiger partial charge in [-0.1, -0.05) is 47.6 Å². The number of hydrogen-bond donors (Lipinski definition) is 3. The van der Waals surface area contributed by atoms with Gasteiger partial charge in [0.15, 0.2) is 0 Å². The van der Waals surface area contributed by atoms with E-state index in [0.717, 1.165) is 53.6 Å². The minimum atomic E-state index is 0.482. The Kier molecular flexibility index (Phi) is 7.97. The number of hydrogen-bond acceptors (Lipinski definition) is 8. The highest BCUT2D eigenvalue weighted by Crippen LogP contribution is 2.35. The van der Waals surface area contributed by atoms with E-state index < -0.39 is 0 Å². The van der Waals surface area contributed by atoms with E-state index in [1.165, 1.54) is 0 Å². The number of pyridine rings is 1. The average molecular weight is 488 g/mol. The molecule has 0 atom stereocenters. The highest BCUT2D eigenvalue weighted by molar-refractivity contribution is 5.91. The van der Waals surface area contributed by atoms with Crippen LogP contribution >= 0.6 is 0 Å². The van der Waals surface area contributed by atoms with Crippen molar-refractivity contribution in [3.8, 4) is 22.6 Å². The molecule has 0 saturated carbocycles. The Labute approximate surface area is 213 Å². The third-order valence-corrected chi connectivity index (χ3v) is 5.50. The fraction of sp³-hybridized carbons (Fsp3) is 0.444. The van der Waals surface area contributed by atoms with E-state index in [9.17, 15) is 0 Å². The van der Waals surface area contributed by atoms with E-state index in [1.807, 2.05) is 28.8 Å². The molecule has 0 fully saturated rings. The summed E-state index contributed by atoms with van der Waals surface area (Å²) in [7, 11) is 0. The van der Waals surface area contributed by atoms with E-state index in [4.69, 9.17) is 15.1 Å². The second kappa shape index (κ2) is 11.3. The molecule has 9 heteroatoms. The first-order valence-corrected chi connectivity index (χ1v) is 12.7. The number of rotatable bonds is 11. The Bertz CT molecular complexity index is 1290. The highest BCUT2D eigenvalue weighted by Gasteiger charge is 2.21. The maximum absolute atomic E-state index is 5.03. The summed E-state index contributed by atoms with van der Waals surface area (Å²) in [6.45, 7) is 15.4. The Morgan fingerprint density at radius 3 is 1.86 bits per heavy atom. The second-order valence-corrected chi connectivity index (χ2v) is 10.3. The van der Waals surface area contributed by atoms with Crippen molar-refractivity contribution in [3.63, 3.8) is 0 Å². The smallest absolute Gasteiger partial charge is 0.223 e. The summed E-state index contributed by atoms with van der Waals surface area (Å²) >= 11 is 0. The zero-order valence-corrected chi connectivity index (χ0v) is 22.1. The minimum Gasteiger partial charge on any atom is -0.370 e. The van der Waals surface area contributed by atoms with Gasteiger partial charge >= 0.3 is 0 Å². The first kappa shape index (κ1) is 25.3. The van der Waals surface area contributed by atoms with Crippen LogP contribution in [-0.2, 0) is 0 Å². The van der Waals surface area contributed by atoms with Crippen LogP contribution in [0.15, 0.2) is 42.7 Å². The lowest BCUT2D eigenvalue weighted by atomic mass is 10.1. The van der Waals surface area contributed by atoms with Gasteiger partial charge in [0.25, 0.3) is 0 Å². The SMILES string of the molecule is CC(C)CNc1nccc(-c2nn3c(NCC(C)C)cccc3c2-c2ccnc(NCC(C)C)n2)n1. The lowest BCUT2D eigenvalue weighted by molar-refractivity contribution is 0.684. The van der Waals surface area contributed by atoms with Crippen LogP contribution in [0.1, 0.15) is 41.5 Å². The molecule has 4 rings (SSSR count). The topological polar surface area (TPSA) is 105 Å². The minimum absolute atomic E-state index is 0.482. The first-order chi connectivity index (χ1) is 17.3. The van der Waals surface area contributed by atoms with E-state index in [0.29, 0.717) is 29.7 Å². The molecule has 4 heterocycles. The number of nitrogens with one attached hydrogen (secondary N) is 3. The van der Waals surface area contributed by atoms with Crippen molar-refractivity contribution in [1.82, 2.24) is 29.5 Å². The molecule has 0 bridgehead atoms. The van der Waals surface area contributed by atoms with Gasteiger partial charge in [0.05, 0.1) is 22.5 Å². The summed E-state index contributed by atoms with van der Waals surface area (Å²) in [5.41, 5.74) is 4.13. The van der Waals surface area contributed by atoms with E-state index >= 15 is 0 Å². The average Bonchev–Trinajstić information content (AvgIpc) is 3.25. The van der Waals surface area contributed by atoms with Gasteiger partial charge in [0, 0.05) is 32.0 Å². The van der Waals surface area contributed by atoms with Crippen molar-refractivity contribution in [2.24, 2.45) is 17.8 Å². The van der Waals surface area contributed by atoms with Crippen LogP contribution in [0.4, 0.5) is 17.7 Å². The van der Waals surface area contributed by atoms with Gasteiger partial charge in [-0.2, -0.15) is 5.10 Å². The molecule has 3 N–H and O–H groups in total. The van der Waals surface area contributed by atoms with E-state index in [1.54, 1.807) is 12.4 Å². The summed E-state index contributed by atoms with van der Waals surface area (Å²) in [5, 5.41) is 15.2. The van der Waals surface area contributed by atoms with Gasteiger partial charge in [-0.05, 0) is 42.0 Å². The fourth-order valence-electron chi connectivity index (χ4n) is 3.69. The molecule has 190 valence electrons. The van der Waals surface area contributed by atoms with Crippen LogP contribution in [-0.4, -0.2) is 49.2 Å². The van der Waals surface area contributed by atoms with Gasteiger partial charge in [0.2, 0.25) is 11.9 Å². The van der Waals surface area contributed by atoms with Crippen LogP contribution in [0, 0.1) is 17.8 Å². The molecule has 0 aromatic carbocycles. The van der Waals surface area contributed by atoms with Crippen molar-refractivity contribution in [2.45, 2.75) is 41.5 Å². The quantitative estimate of drug-likeness (QED) is 0.256. The van der Waals surface area contributed by atoms with Crippen molar-refractivity contribution < 1.29 is 0 Å². The molecule has 0 aliphatic rings. The Hall–Kier alpha value is -3.75. The standard InChI is InChI=1S/C27H37N9/c1-17(2)14-30-23-9-7-8-22-24(20-10-12-28-26(33-20)31-15-18(3)4)25(35-36(22)23)21-11-13-29-27(34-21)32-16-19(5)6/h7-13,17-19,30H,14-16H2,1-6H3,(H,28,31,33)(H,29,32,34). The summed E-state index contributed by atoms with van der Waals surface area (Å²) in [6, 6.07) is 9.97. The number of aromatic nitrogens is 6. The van der Waals surface area contributed by atoms with Crippen molar-refractivity contribution in [1.29, 1.82) is 0 Å². The third-order valence-electron chi connectivity index (χ3n) is 5.50. The maximum Gasteiger partial charge on any atom is 0.223 e. The largest absolute Gasteiger partial charge is 0.370 e.